The van der Waals surface area contributed by atoms with Crippen LogP contribution in [0.2, 0.25) is 0 Å². The van der Waals surface area contributed by atoms with Crippen molar-refractivity contribution in [2.45, 2.75) is 26.7 Å². The largest absolute Gasteiger partial charge is 0.465 e. The van der Waals surface area contributed by atoms with Crippen LogP contribution in [0.25, 0.3) is 0 Å². The minimum absolute atomic E-state index is 0.0928. The molecule has 2 rings (SSSR count). The van der Waals surface area contributed by atoms with Crippen molar-refractivity contribution in [1.82, 2.24) is 0 Å². The fourth-order valence-electron chi connectivity index (χ4n) is 2.18. The van der Waals surface area contributed by atoms with E-state index in [-0.39, 0.29) is 11.8 Å². The van der Waals surface area contributed by atoms with Crippen LogP contribution in [0.3, 0.4) is 0 Å². The van der Waals surface area contributed by atoms with Crippen LogP contribution < -0.4 is 0 Å². The summed E-state index contributed by atoms with van der Waals surface area (Å²) in [7, 11) is 0. The van der Waals surface area contributed by atoms with Gasteiger partial charge in [-0.05, 0) is 30.9 Å². The molecule has 1 atom stereocenters. The van der Waals surface area contributed by atoms with Gasteiger partial charge in [-0.25, -0.2) is 0 Å². The summed E-state index contributed by atoms with van der Waals surface area (Å²) in [6, 6.07) is 5.61. The molecule has 0 N–H and O–H groups in total. The van der Waals surface area contributed by atoms with E-state index in [4.69, 9.17) is 4.74 Å². The highest BCUT2D eigenvalue weighted by Crippen LogP contribution is 2.29. The van der Waals surface area contributed by atoms with Crippen molar-refractivity contribution in [3.63, 3.8) is 0 Å². The molecule has 1 unspecified atom stereocenters. The summed E-state index contributed by atoms with van der Waals surface area (Å²) in [4.78, 5) is 23.8. The van der Waals surface area contributed by atoms with Gasteiger partial charge in [0, 0.05) is 5.56 Å². The van der Waals surface area contributed by atoms with Crippen LogP contribution in [0.15, 0.2) is 18.2 Å². The Labute approximate surface area is 101 Å². The maximum Gasteiger partial charge on any atom is 0.317 e. The van der Waals surface area contributed by atoms with E-state index >= 15 is 0 Å². The number of aryl methyl sites for hydroxylation is 1. The van der Waals surface area contributed by atoms with Gasteiger partial charge < -0.3 is 4.74 Å². The Balaban J connectivity index is 2.20. The molecule has 3 nitrogen and oxygen atoms in total. The van der Waals surface area contributed by atoms with Gasteiger partial charge in [0.15, 0.2) is 5.78 Å². The Bertz CT molecular complexity index is 463. The molecule has 0 saturated heterocycles. The molecule has 0 aliphatic heterocycles. The van der Waals surface area contributed by atoms with Crippen LogP contribution >= 0.6 is 0 Å². The zero-order valence-corrected chi connectivity index (χ0v) is 10.2. The van der Waals surface area contributed by atoms with Gasteiger partial charge in [0.2, 0.25) is 0 Å². The first kappa shape index (κ1) is 11.8. The summed E-state index contributed by atoms with van der Waals surface area (Å²) in [5.74, 6) is -1.10. The van der Waals surface area contributed by atoms with Crippen molar-refractivity contribution >= 4 is 11.8 Å². The van der Waals surface area contributed by atoms with Crippen LogP contribution in [0.1, 0.15) is 34.8 Å². The Kier molecular flexibility index (Phi) is 3.27. The number of hydrogen-bond donors (Lipinski definition) is 0. The second-order valence-corrected chi connectivity index (χ2v) is 4.39. The molecular weight excluding hydrogens is 216 g/mol. The number of hydrogen-bond acceptors (Lipinski definition) is 3. The number of benzene rings is 1. The number of ketones is 1. The second-order valence-electron chi connectivity index (χ2n) is 4.39. The number of esters is 1. The Morgan fingerprint density at radius 2 is 2.24 bits per heavy atom. The predicted octanol–water partition coefficient (Wildman–Crippen LogP) is 2.30. The molecule has 0 fully saturated rings. The number of ether oxygens (including phenoxy) is 1. The third kappa shape index (κ3) is 2.09. The smallest absolute Gasteiger partial charge is 0.317 e. The number of rotatable bonds is 3. The lowest BCUT2D eigenvalue weighted by atomic mass is 10.0. The highest BCUT2D eigenvalue weighted by molar-refractivity contribution is 6.12. The van der Waals surface area contributed by atoms with Gasteiger partial charge in [0.1, 0.15) is 5.92 Å². The summed E-state index contributed by atoms with van der Waals surface area (Å²) < 4.78 is 5.06. The van der Waals surface area contributed by atoms with E-state index in [2.05, 4.69) is 0 Å². The van der Waals surface area contributed by atoms with Crippen LogP contribution in [0.4, 0.5) is 0 Å². The first-order valence-electron chi connectivity index (χ1n) is 5.94. The number of fused-ring (bicyclic) bond motifs is 1. The summed E-state index contributed by atoms with van der Waals surface area (Å²) in [6.45, 7) is 4.28. The number of Topliss-reactive ketones (excluding diaryl/α,β-unsaturated/α-hetero) is 1. The molecule has 0 bridgehead atoms. The highest BCUT2D eigenvalue weighted by Gasteiger charge is 2.37. The summed E-state index contributed by atoms with van der Waals surface area (Å²) in [5.41, 5.74) is 2.75. The van der Waals surface area contributed by atoms with Crippen LogP contribution in [-0.4, -0.2) is 18.4 Å². The number of carbonyl (C=O) groups is 2. The minimum atomic E-state index is -0.627. The SMILES string of the molecule is CCCOC(=O)C1Cc2c(C)cccc2C1=O. The highest BCUT2D eigenvalue weighted by atomic mass is 16.5. The third-order valence-corrected chi connectivity index (χ3v) is 3.13. The average molecular weight is 232 g/mol. The van der Waals surface area contributed by atoms with E-state index in [9.17, 15) is 9.59 Å². The van der Waals surface area contributed by atoms with Crippen molar-refractivity contribution in [1.29, 1.82) is 0 Å². The molecule has 1 aromatic carbocycles. The summed E-state index contributed by atoms with van der Waals surface area (Å²) >= 11 is 0. The molecule has 3 heteroatoms. The predicted molar refractivity (Wildman–Crippen MR) is 64.0 cm³/mol. The van der Waals surface area contributed by atoms with Crippen LogP contribution in [0.5, 0.6) is 0 Å². The van der Waals surface area contributed by atoms with Gasteiger partial charge in [-0.3, -0.25) is 9.59 Å². The fraction of sp³-hybridized carbons (Fsp3) is 0.429. The molecule has 0 aromatic heterocycles. The molecule has 0 radical (unpaired) electrons. The van der Waals surface area contributed by atoms with Crippen molar-refractivity contribution in [2.75, 3.05) is 6.61 Å². The molecular formula is C14H16O3. The fourth-order valence-corrected chi connectivity index (χ4v) is 2.18. The lowest BCUT2D eigenvalue weighted by Gasteiger charge is -2.07. The molecule has 0 saturated carbocycles. The second kappa shape index (κ2) is 4.70. The van der Waals surface area contributed by atoms with E-state index in [1.807, 2.05) is 26.0 Å². The topological polar surface area (TPSA) is 43.4 Å². The van der Waals surface area contributed by atoms with E-state index in [1.54, 1.807) is 6.07 Å². The zero-order valence-electron chi connectivity index (χ0n) is 10.2. The zero-order chi connectivity index (χ0) is 12.4. The molecule has 1 aliphatic rings. The van der Waals surface area contributed by atoms with Gasteiger partial charge in [0.25, 0.3) is 0 Å². The lowest BCUT2D eigenvalue weighted by Crippen LogP contribution is -2.23. The monoisotopic (exact) mass is 232 g/mol. The molecule has 1 aromatic rings. The molecule has 0 spiro atoms. The minimum Gasteiger partial charge on any atom is -0.465 e. The Hall–Kier alpha value is -1.64. The van der Waals surface area contributed by atoms with Crippen molar-refractivity contribution in [2.24, 2.45) is 5.92 Å². The Morgan fingerprint density at radius 1 is 1.47 bits per heavy atom. The molecule has 17 heavy (non-hydrogen) atoms. The molecule has 0 heterocycles. The maximum atomic E-state index is 12.1. The van der Waals surface area contributed by atoms with Gasteiger partial charge in [-0.1, -0.05) is 25.1 Å². The van der Waals surface area contributed by atoms with Crippen molar-refractivity contribution in [3.05, 3.63) is 34.9 Å². The van der Waals surface area contributed by atoms with Crippen LogP contribution in [-0.2, 0) is 16.0 Å². The van der Waals surface area contributed by atoms with Crippen LogP contribution in [0, 0.1) is 12.8 Å². The number of carbonyl (C=O) groups excluding carboxylic acids is 2. The van der Waals surface area contributed by atoms with Gasteiger partial charge in [-0.15, -0.1) is 0 Å². The standard InChI is InChI=1S/C14H16O3/c1-3-7-17-14(16)12-8-11-9(2)5-4-6-10(11)13(12)15/h4-6,12H,3,7-8H2,1-2H3. The van der Waals surface area contributed by atoms with E-state index in [0.29, 0.717) is 18.6 Å². The average Bonchev–Trinajstić information content (AvgIpc) is 2.66. The first-order valence-corrected chi connectivity index (χ1v) is 5.94. The van der Waals surface area contributed by atoms with Gasteiger partial charge in [-0.2, -0.15) is 0 Å². The lowest BCUT2D eigenvalue weighted by molar-refractivity contribution is -0.146. The van der Waals surface area contributed by atoms with Crippen molar-refractivity contribution < 1.29 is 14.3 Å². The first-order chi connectivity index (χ1) is 8.15. The van der Waals surface area contributed by atoms with E-state index in [1.165, 1.54) is 0 Å². The summed E-state index contributed by atoms with van der Waals surface area (Å²) in [6.07, 6.45) is 1.27. The molecule has 90 valence electrons. The van der Waals surface area contributed by atoms with Gasteiger partial charge in [0.05, 0.1) is 6.61 Å². The van der Waals surface area contributed by atoms with Gasteiger partial charge >= 0.3 is 5.97 Å². The van der Waals surface area contributed by atoms with Crippen molar-refractivity contribution in [3.8, 4) is 0 Å². The molecule has 0 amide bonds. The quantitative estimate of drug-likeness (QED) is 0.593. The molecule has 1 aliphatic carbocycles. The third-order valence-electron chi connectivity index (χ3n) is 3.13. The Morgan fingerprint density at radius 3 is 2.88 bits per heavy atom. The van der Waals surface area contributed by atoms with E-state index in [0.717, 1.165) is 17.5 Å². The summed E-state index contributed by atoms with van der Waals surface area (Å²) in [5, 5.41) is 0. The van der Waals surface area contributed by atoms with E-state index < -0.39 is 5.92 Å². The normalized spacial score (nSPS) is 18.0. The maximum absolute atomic E-state index is 12.1.